The number of hydrogen-bond acceptors (Lipinski definition) is 3. The monoisotopic (exact) mass is 490 g/mol. The molecule has 1 rings (SSSR count). The minimum Gasteiger partial charge on any atom is -0.396 e. The molecule has 156 valence electrons. The van der Waals surface area contributed by atoms with Crippen LogP contribution in [0.2, 0.25) is 0 Å². The van der Waals surface area contributed by atoms with Gasteiger partial charge in [-0.3, -0.25) is 0 Å². The number of nitrogens with zero attached hydrogens (tertiary/aromatic N) is 2. The first-order valence-electron chi connectivity index (χ1n) is 9.84. The number of guanidine groups is 1. The molecule has 0 atom stereocenters. The topological polar surface area (TPSA) is 59.9 Å². The molecule has 1 aromatic carbocycles. The molecule has 0 radical (unpaired) electrons. The summed E-state index contributed by atoms with van der Waals surface area (Å²) in [4.78, 5) is 6.92. The second-order valence-corrected chi connectivity index (χ2v) is 7.29. The SMILES string of the molecule is CCNC(=NCc1cccc(CN(C)C)c1)NCC(CC)(CC)CCO.I. The molecular weight excluding hydrogens is 451 g/mol. The van der Waals surface area contributed by atoms with Gasteiger partial charge < -0.3 is 20.6 Å². The first kappa shape index (κ1) is 26.1. The van der Waals surface area contributed by atoms with E-state index >= 15 is 0 Å². The van der Waals surface area contributed by atoms with Gasteiger partial charge in [0.25, 0.3) is 0 Å². The third-order valence-electron chi connectivity index (χ3n) is 5.03. The van der Waals surface area contributed by atoms with Crippen molar-refractivity contribution in [1.29, 1.82) is 0 Å². The smallest absolute Gasteiger partial charge is 0.191 e. The Balaban J connectivity index is 0.00000676. The van der Waals surface area contributed by atoms with Gasteiger partial charge in [0.1, 0.15) is 0 Å². The molecule has 5 nitrogen and oxygen atoms in total. The average Bonchev–Trinajstić information content (AvgIpc) is 2.62. The Labute approximate surface area is 183 Å². The van der Waals surface area contributed by atoms with Crippen molar-refractivity contribution < 1.29 is 5.11 Å². The number of aliphatic hydroxyl groups is 1. The number of rotatable bonds is 11. The Morgan fingerprint density at radius 1 is 1.11 bits per heavy atom. The van der Waals surface area contributed by atoms with Crippen LogP contribution in [0.5, 0.6) is 0 Å². The van der Waals surface area contributed by atoms with Crippen LogP contribution in [0.4, 0.5) is 0 Å². The molecule has 0 spiro atoms. The summed E-state index contributed by atoms with van der Waals surface area (Å²) >= 11 is 0. The first-order chi connectivity index (χ1) is 12.5. The predicted octanol–water partition coefficient (Wildman–Crippen LogP) is 3.61. The van der Waals surface area contributed by atoms with Gasteiger partial charge in [-0.2, -0.15) is 0 Å². The summed E-state index contributed by atoms with van der Waals surface area (Å²) in [5.74, 6) is 0.842. The molecule has 0 saturated carbocycles. The van der Waals surface area contributed by atoms with E-state index in [9.17, 15) is 5.11 Å². The fourth-order valence-corrected chi connectivity index (χ4v) is 3.15. The van der Waals surface area contributed by atoms with Gasteiger partial charge >= 0.3 is 0 Å². The Kier molecular flexibility index (Phi) is 13.7. The van der Waals surface area contributed by atoms with E-state index in [1.165, 1.54) is 11.1 Å². The quantitative estimate of drug-likeness (QED) is 0.252. The third-order valence-corrected chi connectivity index (χ3v) is 5.03. The number of nitrogens with one attached hydrogen (secondary N) is 2. The van der Waals surface area contributed by atoms with Gasteiger partial charge in [0.05, 0.1) is 6.54 Å². The Morgan fingerprint density at radius 2 is 1.78 bits per heavy atom. The lowest BCUT2D eigenvalue weighted by molar-refractivity contribution is 0.169. The second-order valence-electron chi connectivity index (χ2n) is 7.29. The normalized spacial score (nSPS) is 12.0. The summed E-state index contributed by atoms with van der Waals surface area (Å²) in [7, 11) is 4.16. The zero-order valence-electron chi connectivity index (χ0n) is 17.7. The highest BCUT2D eigenvalue weighted by Gasteiger charge is 2.25. The summed E-state index contributed by atoms with van der Waals surface area (Å²) in [6.07, 6.45) is 2.91. The molecule has 0 aliphatic carbocycles. The number of aliphatic hydroxyl groups excluding tert-OH is 1. The van der Waals surface area contributed by atoms with Crippen LogP contribution in [-0.2, 0) is 13.1 Å². The van der Waals surface area contributed by atoms with E-state index in [1.54, 1.807) is 0 Å². The highest BCUT2D eigenvalue weighted by molar-refractivity contribution is 14.0. The van der Waals surface area contributed by atoms with Crippen molar-refractivity contribution in [3.8, 4) is 0 Å². The van der Waals surface area contributed by atoms with Crippen LogP contribution in [0, 0.1) is 5.41 Å². The maximum absolute atomic E-state index is 9.40. The van der Waals surface area contributed by atoms with Gasteiger partial charge in [0.15, 0.2) is 5.96 Å². The van der Waals surface area contributed by atoms with Gasteiger partial charge in [0.2, 0.25) is 0 Å². The summed E-state index contributed by atoms with van der Waals surface area (Å²) in [5.41, 5.74) is 2.64. The van der Waals surface area contributed by atoms with E-state index in [2.05, 4.69) is 74.7 Å². The molecule has 0 amide bonds. The molecule has 0 fully saturated rings. The van der Waals surface area contributed by atoms with Crippen molar-refractivity contribution in [2.75, 3.05) is 33.8 Å². The van der Waals surface area contributed by atoms with E-state index in [-0.39, 0.29) is 36.0 Å². The minimum atomic E-state index is 0. The summed E-state index contributed by atoms with van der Waals surface area (Å²) < 4.78 is 0. The molecule has 0 saturated heterocycles. The van der Waals surface area contributed by atoms with E-state index in [0.717, 1.165) is 44.9 Å². The van der Waals surface area contributed by atoms with Crippen molar-refractivity contribution in [2.24, 2.45) is 10.4 Å². The molecule has 1 aromatic rings. The largest absolute Gasteiger partial charge is 0.396 e. The molecule has 6 heteroatoms. The number of hydrogen-bond donors (Lipinski definition) is 3. The van der Waals surface area contributed by atoms with E-state index in [4.69, 9.17) is 4.99 Å². The summed E-state index contributed by atoms with van der Waals surface area (Å²) in [6, 6.07) is 8.61. The van der Waals surface area contributed by atoms with Crippen LogP contribution < -0.4 is 10.6 Å². The fourth-order valence-electron chi connectivity index (χ4n) is 3.15. The lowest BCUT2D eigenvalue weighted by atomic mass is 9.79. The zero-order chi connectivity index (χ0) is 19.4. The molecular formula is C21H39IN4O. The molecule has 0 heterocycles. The highest BCUT2D eigenvalue weighted by atomic mass is 127. The van der Waals surface area contributed by atoms with E-state index < -0.39 is 0 Å². The van der Waals surface area contributed by atoms with Crippen LogP contribution >= 0.6 is 24.0 Å². The lowest BCUT2D eigenvalue weighted by Crippen LogP contribution is -2.43. The van der Waals surface area contributed by atoms with Crippen molar-refractivity contribution in [1.82, 2.24) is 15.5 Å². The van der Waals surface area contributed by atoms with E-state index in [0.29, 0.717) is 6.54 Å². The Hall–Kier alpha value is -0.860. The fraction of sp³-hybridized carbons (Fsp3) is 0.667. The van der Waals surface area contributed by atoms with Gasteiger partial charge in [-0.15, -0.1) is 24.0 Å². The second kappa shape index (κ2) is 14.2. The lowest BCUT2D eigenvalue weighted by Gasteiger charge is -2.32. The maximum atomic E-state index is 9.40. The third kappa shape index (κ3) is 9.76. The molecule has 0 aliphatic rings. The Morgan fingerprint density at radius 3 is 2.33 bits per heavy atom. The Bertz CT molecular complexity index is 545. The van der Waals surface area contributed by atoms with Gasteiger partial charge in [-0.1, -0.05) is 38.1 Å². The van der Waals surface area contributed by atoms with Crippen molar-refractivity contribution >= 4 is 29.9 Å². The van der Waals surface area contributed by atoms with Crippen LogP contribution in [0.3, 0.4) is 0 Å². The maximum Gasteiger partial charge on any atom is 0.191 e. The highest BCUT2D eigenvalue weighted by Crippen LogP contribution is 2.29. The van der Waals surface area contributed by atoms with Crippen LogP contribution in [-0.4, -0.2) is 49.8 Å². The predicted molar refractivity (Wildman–Crippen MR) is 127 cm³/mol. The first-order valence-corrected chi connectivity index (χ1v) is 9.84. The van der Waals surface area contributed by atoms with Crippen molar-refractivity contribution in [2.45, 2.75) is 53.1 Å². The van der Waals surface area contributed by atoms with Gasteiger partial charge in [0, 0.05) is 26.2 Å². The molecule has 0 aliphatic heterocycles. The average molecular weight is 490 g/mol. The van der Waals surface area contributed by atoms with Crippen molar-refractivity contribution in [3.63, 3.8) is 0 Å². The molecule has 3 N–H and O–H groups in total. The number of halogens is 1. The van der Waals surface area contributed by atoms with Crippen molar-refractivity contribution in [3.05, 3.63) is 35.4 Å². The number of benzene rings is 1. The van der Waals surface area contributed by atoms with Crippen LogP contribution in [0.25, 0.3) is 0 Å². The van der Waals surface area contributed by atoms with Gasteiger partial charge in [-0.05, 0) is 56.8 Å². The zero-order valence-corrected chi connectivity index (χ0v) is 20.0. The standard InChI is InChI=1S/C21H38N4O.HI/c1-6-21(7-2,12-13-26)17-24-20(22-8-3)23-15-18-10-9-11-19(14-18)16-25(4)5;/h9-11,14,26H,6-8,12-13,15-17H2,1-5H3,(H2,22,23,24);1H. The minimum absolute atomic E-state index is 0. The van der Waals surface area contributed by atoms with Crippen LogP contribution in [0.1, 0.15) is 51.2 Å². The summed E-state index contributed by atoms with van der Waals surface area (Å²) in [5, 5.41) is 16.2. The molecule has 27 heavy (non-hydrogen) atoms. The molecule has 0 unspecified atom stereocenters. The number of aliphatic imine (C=N–C) groups is 1. The van der Waals surface area contributed by atoms with Crippen LogP contribution in [0.15, 0.2) is 29.3 Å². The molecule has 0 aromatic heterocycles. The van der Waals surface area contributed by atoms with Gasteiger partial charge in [-0.25, -0.2) is 4.99 Å². The van der Waals surface area contributed by atoms with E-state index in [1.807, 2.05) is 0 Å². The summed E-state index contributed by atoms with van der Waals surface area (Å²) in [6.45, 7) is 9.95. The molecule has 0 bridgehead atoms.